The molecule has 7 nitrogen and oxygen atoms in total. The maximum absolute atomic E-state index is 13.5. The summed E-state index contributed by atoms with van der Waals surface area (Å²) in [6, 6.07) is 0. The van der Waals surface area contributed by atoms with Crippen LogP contribution in [0.2, 0.25) is 0 Å². The second-order valence-electron chi connectivity index (χ2n) is 11.0. The number of hydrogen-bond donors (Lipinski definition) is 2. The minimum atomic E-state index is 0.00402. The molecule has 0 atom stereocenters. The van der Waals surface area contributed by atoms with Gasteiger partial charge in [-0.2, -0.15) is 5.10 Å². The zero-order valence-electron chi connectivity index (χ0n) is 19.2. The fourth-order valence-electron chi connectivity index (χ4n) is 6.83. The van der Waals surface area contributed by atoms with Crippen molar-refractivity contribution >= 4 is 5.91 Å². The van der Waals surface area contributed by atoms with Gasteiger partial charge in [0.1, 0.15) is 5.56 Å². The Morgan fingerprint density at radius 3 is 2.42 bits per heavy atom. The fraction of sp³-hybridized carbons (Fsp3) is 0.833. The molecule has 6 rings (SSSR count). The first-order valence-corrected chi connectivity index (χ1v) is 12.4. The van der Waals surface area contributed by atoms with E-state index < -0.39 is 0 Å². The van der Waals surface area contributed by atoms with Gasteiger partial charge in [-0.1, -0.05) is 13.8 Å². The maximum atomic E-state index is 13.5. The Balaban J connectivity index is 1.30. The first-order valence-electron chi connectivity index (χ1n) is 12.4. The summed E-state index contributed by atoms with van der Waals surface area (Å²) in [6.07, 6.45) is 9.33. The van der Waals surface area contributed by atoms with Gasteiger partial charge in [0.2, 0.25) is 5.88 Å². The standard InChI is InChI=1S/C24H39N5O2/c1-17(2)16-31-23-21(15-26-29(23)8-7-28-5-3-25-4-6-28)22(30)27-24-12-18-9-19(13-24)11-20(10-18)14-24/h15,17-20,25H,3-14,16H2,1-2H3,(H,27,30). The van der Waals surface area contributed by atoms with Gasteiger partial charge in [0.05, 0.1) is 19.3 Å². The summed E-state index contributed by atoms with van der Waals surface area (Å²) in [6.45, 7) is 10.7. The van der Waals surface area contributed by atoms with E-state index in [1.165, 1.54) is 19.3 Å². The van der Waals surface area contributed by atoms with Crippen molar-refractivity contribution in [3.63, 3.8) is 0 Å². The minimum Gasteiger partial charge on any atom is -0.477 e. The van der Waals surface area contributed by atoms with Crippen LogP contribution in [0.3, 0.4) is 0 Å². The Kier molecular flexibility index (Phi) is 5.99. The Hall–Kier alpha value is -1.60. The third-order valence-electron chi connectivity index (χ3n) is 7.84. The minimum absolute atomic E-state index is 0.00402. The van der Waals surface area contributed by atoms with E-state index in [1.807, 2.05) is 4.68 Å². The predicted octanol–water partition coefficient (Wildman–Crippen LogP) is 2.52. The number of carbonyl (C=O) groups excluding carboxylic acids is 1. The number of ether oxygens (including phenoxy) is 1. The molecule has 4 aliphatic carbocycles. The molecule has 5 aliphatic rings. The van der Waals surface area contributed by atoms with Gasteiger partial charge < -0.3 is 15.4 Å². The van der Waals surface area contributed by atoms with Crippen molar-refractivity contribution in [2.75, 3.05) is 39.3 Å². The van der Waals surface area contributed by atoms with Crippen LogP contribution >= 0.6 is 0 Å². The maximum Gasteiger partial charge on any atom is 0.258 e. The number of amides is 1. The molecule has 1 amide bonds. The number of hydrogen-bond acceptors (Lipinski definition) is 5. The van der Waals surface area contributed by atoms with Crippen molar-refractivity contribution in [3.8, 4) is 5.88 Å². The Morgan fingerprint density at radius 2 is 1.81 bits per heavy atom. The molecule has 1 aromatic heterocycles. The summed E-state index contributed by atoms with van der Waals surface area (Å²) in [7, 11) is 0. The van der Waals surface area contributed by atoms with Crippen LogP contribution in [0, 0.1) is 23.7 Å². The second-order valence-corrected chi connectivity index (χ2v) is 11.0. The molecule has 172 valence electrons. The Morgan fingerprint density at radius 1 is 1.16 bits per heavy atom. The van der Waals surface area contributed by atoms with E-state index in [0.717, 1.165) is 76.3 Å². The summed E-state index contributed by atoms with van der Waals surface area (Å²) >= 11 is 0. The highest BCUT2D eigenvalue weighted by atomic mass is 16.5. The molecule has 5 fully saturated rings. The summed E-state index contributed by atoms with van der Waals surface area (Å²) in [5.41, 5.74) is 0.612. The monoisotopic (exact) mass is 429 g/mol. The lowest BCUT2D eigenvalue weighted by Gasteiger charge is -2.56. The van der Waals surface area contributed by atoms with Crippen LogP contribution in [-0.4, -0.2) is 65.5 Å². The summed E-state index contributed by atoms with van der Waals surface area (Å²) in [4.78, 5) is 15.9. The zero-order chi connectivity index (χ0) is 21.4. The average molecular weight is 430 g/mol. The van der Waals surface area contributed by atoms with Crippen LogP contribution in [0.1, 0.15) is 62.7 Å². The van der Waals surface area contributed by atoms with Crippen molar-refractivity contribution in [1.29, 1.82) is 0 Å². The summed E-state index contributed by atoms with van der Waals surface area (Å²) < 4.78 is 8.06. The molecule has 0 radical (unpaired) electrons. The van der Waals surface area contributed by atoms with Crippen LogP contribution in [-0.2, 0) is 6.54 Å². The Labute approximate surface area is 186 Å². The highest BCUT2D eigenvalue weighted by Gasteiger charge is 2.51. The highest BCUT2D eigenvalue weighted by molar-refractivity contribution is 5.96. The van der Waals surface area contributed by atoms with Gasteiger partial charge in [0, 0.05) is 38.3 Å². The molecular weight excluding hydrogens is 390 g/mol. The third-order valence-corrected chi connectivity index (χ3v) is 7.84. The molecule has 0 spiro atoms. The quantitative estimate of drug-likeness (QED) is 0.664. The van der Waals surface area contributed by atoms with E-state index in [1.54, 1.807) is 6.20 Å². The molecule has 2 heterocycles. The van der Waals surface area contributed by atoms with Gasteiger partial charge in [-0.05, 0) is 62.2 Å². The SMILES string of the molecule is CC(C)COc1c(C(=O)NC23CC4CC(CC(C4)C2)C3)cnn1CCN1CCNCC1. The lowest BCUT2D eigenvalue weighted by molar-refractivity contribution is -0.0167. The molecular formula is C24H39N5O2. The van der Waals surface area contributed by atoms with E-state index in [9.17, 15) is 4.79 Å². The molecule has 0 aromatic carbocycles. The molecule has 2 N–H and O–H groups in total. The van der Waals surface area contributed by atoms with Crippen molar-refractivity contribution in [3.05, 3.63) is 11.8 Å². The van der Waals surface area contributed by atoms with E-state index >= 15 is 0 Å². The molecule has 7 heteroatoms. The predicted molar refractivity (Wildman–Crippen MR) is 120 cm³/mol. The normalized spacial score (nSPS) is 32.5. The molecule has 1 aliphatic heterocycles. The Bertz CT molecular complexity index is 748. The zero-order valence-corrected chi connectivity index (χ0v) is 19.2. The van der Waals surface area contributed by atoms with E-state index in [4.69, 9.17) is 4.74 Å². The molecule has 4 bridgehead atoms. The molecule has 0 unspecified atom stereocenters. The van der Waals surface area contributed by atoms with Gasteiger partial charge in [-0.25, -0.2) is 4.68 Å². The van der Waals surface area contributed by atoms with Crippen LogP contribution in [0.15, 0.2) is 6.20 Å². The van der Waals surface area contributed by atoms with Gasteiger partial charge in [-0.3, -0.25) is 9.69 Å². The van der Waals surface area contributed by atoms with Crippen LogP contribution in [0.25, 0.3) is 0 Å². The van der Waals surface area contributed by atoms with Gasteiger partial charge in [-0.15, -0.1) is 0 Å². The lowest BCUT2D eigenvalue weighted by atomic mass is 9.53. The molecule has 31 heavy (non-hydrogen) atoms. The number of piperazine rings is 1. The van der Waals surface area contributed by atoms with Crippen molar-refractivity contribution in [2.45, 2.75) is 64.5 Å². The number of nitrogens with one attached hydrogen (secondary N) is 2. The van der Waals surface area contributed by atoms with E-state index in [0.29, 0.717) is 24.0 Å². The highest BCUT2D eigenvalue weighted by Crippen LogP contribution is 2.55. The van der Waals surface area contributed by atoms with Gasteiger partial charge >= 0.3 is 0 Å². The first kappa shape index (κ1) is 21.3. The first-order chi connectivity index (χ1) is 15.0. The number of aromatic nitrogens is 2. The van der Waals surface area contributed by atoms with E-state index in [2.05, 4.69) is 34.5 Å². The fourth-order valence-corrected chi connectivity index (χ4v) is 6.83. The van der Waals surface area contributed by atoms with Crippen molar-refractivity contribution in [1.82, 2.24) is 25.3 Å². The number of nitrogens with zero attached hydrogens (tertiary/aromatic N) is 3. The van der Waals surface area contributed by atoms with Crippen LogP contribution < -0.4 is 15.4 Å². The van der Waals surface area contributed by atoms with Gasteiger partial charge in [0.25, 0.3) is 5.91 Å². The lowest BCUT2D eigenvalue weighted by Crippen LogP contribution is -2.59. The van der Waals surface area contributed by atoms with Crippen LogP contribution in [0.5, 0.6) is 5.88 Å². The summed E-state index contributed by atoms with van der Waals surface area (Å²) in [5, 5.41) is 11.5. The van der Waals surface area contributed by atoms with Crippen molar-refractivity contribution < 1.29 is 9.53 Å². The smallest absolute Gasteiger partial charge is 0.258 e. The topological polar surface area (TPSA) is 71.4 Å². The molecule has 4 saturated carbocycles. The van der Waals surface area contributed by atoms with Crippen LogP contribution in [0.4, 0.5) is 0 Å². The number of carbonyl (C=O) groups is 1. The summed E-state index contributed by atoms with van der Waals surface area (Å²) in [5.74, 6) is 3.48. The molecule has 1 saturated heterocycles. The van der Waals surface area contributed by atoms with Crippen molar-refractivity contribution in [2.24, 2.45) is 23.7 Å². The average Bonchev–Trinajstić information content (AvgIpc) is 3.13. The van der Waals surface area contributed by atoms with E-state index in [-0.39, 0.29) is 11.4 Å². The third kappa shape index (κ3) is 4.63. The van der Waals surface area contributed by atoms with Gasteiger partial charge in [0.15, 0.2) is 0 Å². The molecule has 1 aromatic rings. The second kappa shape index (κ2) is 8.74. The largest absolute Gasteiger partial charge is 0.477 e. The number of rotatable bonds is 8.